The summed E-state index contributed by atoms with van der Waals surface area (Å²) in [4.78, 5) is 16.3. The number of anilines is 1. The number of benzene rings is 1. The van der Waals surface area contributed by atoms with Crippen molar-refractivity contribution >= 4 is 11.6 Å². The van der Waals surface area contributed by atoms with Crippen LogP contribution in [0.15, 0.2) is 24.3 Å². The molecule has 1 aliphatic heterocycles. The second-order valence-electron chi connectivity index (χ2n) is 5.04. The summed E-state index contributed by atoms with van der Waals surface area (Å²) in [5.74, 6) is 0.289. The van der Waals surface area contributed by atoms with E-state index in [4.69, 9.17) is 0 Å². The third kappa shape index (κ3) is 3.28. The fraction of sp³-hybridized carbons (Fsp3) is 0.562. The molecule has 0 unspecified atom stereocenters. The van der Waals surface area contributed by atoms with Gasteiger partial charge in [0.25, 0.3) is 0 Å². The van der Waals surface area contributed by atoms with Crippen molar-refractivity contribution in [3.05, 3.63) is 29.8 Å². The number of para-hydroxylation sites is 1. The smallest absolute Gasteiger partial charge is 0.222 e. The van der Waals surface area contributed by atoms with Gasteiger partial charge in [0.2, 0.25) is 5.91 Å². The third-order valence-corrected chi connectivity index (χ3v) is 3.92. The second-order valence-corrected chi connectivity index (χ2v) is 5.04. The molecule has 1 aromatic rings. The maximum Gasteiger partial charge on any atom is 0.222 e. The highest BCUT2D eigenvalue weighted by Crippen LogP contribution is 2.27. The van der Waals surface area contributed by atoms with Crippen molar-refractivity contribution in [3.8, 4) is 0 Å². The van der Waals surface area contributed by atoms with Crippen LogP contribution < -0.4 is 4.90 Å². The lowest BCUT2D eigenvalue weighted by molar-refractivity contribution is -0.130. The van der Waals surface area contributed by atoms with Gasteiger partial charge in [0.1, 0.15) is 0 Å². The zero-order valence-corrected chi connectivity index (χ0v) is 12.1. The van der Waals surface area contributed by atoms with Crippen LogP contribution in [0.1, 0.15) is 32.3 Å². The number of hydrogen-bond acceptors (Lipinski definition) is 2. The zero-order chi connectivity index (χ0) is 13.7. The molecular formula is C16H24N2O. The number of carbonyl (C=O) groups excluding carboxylic acids is 1. The molecule has 0 spiro atoms. The lowest BCUT2D eigenvalue weighted by atomic mass is 10.2. The van der Waals surface area contributed by atoms with E-state index in [2.05, 4.69) is 29.2 Å². The first-order chi connectivity index (χ1) is 9.26. The van der Waals surface area contributed by atoms with E-state index in [1.807, 2.05) is 18.7 Å². The Morgan fingerprint density at radius 1 is 1.26 bits per heavy atom. The van der Waals surface area contributed by atoms with Crippen molar-refractivity contribution in [2.45, 2.75) is 33.1 Å². The molecule has 1 heterocycles. The molecule has 1 aliphatic rings. The summed E-state index contributed by atoms with van der Waals surface area (Å²) < 4.78 is 0. The van der Waals surface area contributed by atoms with E-state index in [1.54, 1.807) is 0 Å². The molecule has 2 rings (SSSR count). The molecule has 0 saturated carbocycles. The van der Waals surface area contributed by atoms with Gasteiger partial charge in [-0.3, -0.25) is 4.79 Å². The summed E-state index contributed by atoms with van der Waals surface area (Å²) in [6.07, 6.45) is 2.75. The SMILES string of the molecule is CCN(CC)C(=O)CCCN1CCc2ccccc21. The van der Waals surface area contributed by atoms with Crippen molar-refractivity contribution in [2.24, 2.45) is 0 Å². The number of hydrogen-bond donors (Lipinski definition) is 0. The Morgan fingerprint density at radius 2 is 2.00 bits per heavy atom. The van der Waals surface area contributed by atoms with Crippen LogP contribution in [0, 0.1) is 0 Å². The van der Waals surface area contributed by atoms with Gasteiger partial charge in [-0.15, -0.1) is 0 Å². The van der Waals surface area contributed by atoms with Crippen LogP contribution in [-0.4, -0.2) is 37.0 Å². The number of rotatable bonds is 6. The molecule has 3 nitrogen and oxygen atoms in total. The topological polar surface area (TPSA) is 23.6 Å². The maximum atomic E-state index is 11.9. The molecule has 1 aromatic carbocycles. The minimum Gasteiger partial charge on any atom is -0.371 e. The quantitative estimate of drug-likeness (QED) is 0.785. The van der Waals surface area contributed by atoms with Crippen LogP contribution in [0.2, 0.25) is 0 Å². The molecule has 0 saturated heterocycles. The molecule has 0 aromatic heterocycles. The summed E-state index contributed by atoms with van der Waals surface area (Å²) in [6.45, 7) is 7.81. The minimum absolute atomic E-state index is 0.289. The molecule has 3 heteroatoms. The Bertz CT molecular complexity index is 427. The Labute approximate surface area is 116 Å². The van der Waals surface area contributed by atoms with Gasteiger partial charge in [-0.25, -0.2) is 0 Å². The monoisotopic (exact) mass is 260 g/mol. The van der Waals surface area contributed by atoms with Crippen LogP contribution in [0.3, 0.4) is 0 Å². The summed E-state index contributed by atoms with van der Waals surface area (Å²) in [7, 11) is 0. The van der Waals surface area contributed by atoms with Gasteiger partial charge in [0.15, 0.2) is 0 Å². The van der Waals surface area contributed by atoms with Gasteiger partial charge in [-0.05, 0) is 38.3 Å². The average molecular weight is 260 g/mol. The van der Waals surface area contributed by atoms with E-state index < -0.39 is 0 Å². The van der Waals surface area contributed by atoms with Gasteiger partial charge >= 0.3 is 0 Å². The van der Waals surface area contributed by atoms with Gasteiger partial charge in [-0.2, -0.15) is 0 Å². The molecule has 0 fully saturated rings. The molecule has 0 N–H and O–H groups in total. The number of nitrogens with zero attached hydrogens (tertiary/aromatic N) is 2. The predicted octanol–water partition coefficient (Wildman–Crippen LogP) is 2.70. The number of amides is 1. The van der Waals surface area contributed by atoms with Crippen molar-refractivity contribution in [2.75, 3.05) is 31.1 Å². The van der Waals surface area contributed by atoms with E-state index in [1.165, 1.54) is 11.3 Å². The first kappa shape index (κ1) is 13.9. The standard InChI is InChI=1S/C16H24N2O/c1-3-17(4-2)16(19)10-7-12-18-13-11-14-8-5-6-9-15(14)18/h5-6,8-9H,3-4,7,10-13H2,1-2H3. The Kier molecular flexibility index (Phi) is 4.83. The Morgan fingerprint density at radius 3 is 2.74 bits per heavy atom. The third-order valence-electron chi connectivity index (χ3n) is 3.92. The molecule has 0 aliphatic carbocycles. The van der Waals surface area contributed by atoms with Gasteiger partial charge < -0.3 is 9.80 Å². The van der Waals surface area contributed by atoms with Crippen molar-refractivity contribution in [1.29, 1.82) is 0 Å². The summed E-state index contributed by atoms with van der Waals surface area (Å²) in [6, 6.07) is 8.59. The van der Waals surface area contributed by atoms with Crippen molar-refractivity contribution < 1.29 is 4.79 Å². The second kappa shape index (κ2) is 6.60. The van der Waals surface area contributed by atoms with E-state index >= 15 is 0 Å². The molecule has 0 atom stereocenters. The van der Waals surface area contributed by atoms with E-state index in [0.29, 0.717) is 6.42 Å². The highest BCUT2D eigenvalue weighted by atomic mass is 16.2. The lowest BCUT2D eigenvalue weighted by Gasteiger charge is -2.21. The average Bonchev–Trinajstić information content (AvgIpc) is 2.84. The number of carbonyl (C=O) groups is 1. The fourth-order valence-corrected chi connectivity index (χ4v) is 2.79. The molecule has 1 amide bonds. The summed E-state index contributed by atoms with van der Waals surface area (Å²) in [5, 5.41) is 0. The highest BCUT2D eigenvalue weighted by Gasteiger charge is 2.18. The van der Waals surface area contributed by atoms with Crippen LogP contribution in [0.4, 0.5) is 5.69 Å². The predicted molar refractivity (Wildman–Crippen MR) is 79.5 cm³/mol. The summed E-state index contributed by atoms with van der Waals surface area (Å²) in [5.41, 5.74) is 2.80. The largest absolute Gasteiger partial charge is 0.371 e. The lowest BCUT2D eigenvalue weighted by Crippen LogP contribution is -2.31. The van der Waals surface area contributed by atoms with Crippen molar-refractivity contribution in [3.63, 3.8) is 0 Å². The highest BCUT2D eigenvalue weighted by molar-refractivity contribution is 5.76. The molecule has 19 heavy (non-hydrogen) atoms. The van der Waals surface area contributed by atoms with E-state index in [0.717, 1.165) is 39.0 Å². The minimum atomic E-state index is 0.289. The van der Waals surface area contributed by atoms with Crippen molar-refractivity contribution in [1.82, 2.24) is 4.90 Å². The number of fused-ring (bicyclic) bond motifs is 1. The van der Waals surface area contributed by atoms with Crippen LogP contribution in [0.25, 0.3) is 0 Å². The Balaban J connectivity index is 1.80. The van der Waals surface area contributed by atoms with Crippen LogP contribution in [0.5, 0.6) is 0 Å². The van der Waals surface area contributed by atoms with Gasteiger partial charge in [0.05, 0.1) is 0 Å². The Hall–Kier alpha value is -1.51. The van der Waals surface area contributed by atoms with E-state index in [9.17, 15) is 4.79 Å². The van der Waals surface area contributed by atoms with Gasteiger partial charge in [0, 0.05) is 38.3 Å². The van der Waals surface area contributed by atoms with Crippen LogP contribution >= 0.6 is 0 Å². The summed E-state index contributed by atoms with van der Waals surface area (Å²) >= 11 is 0. The first-order valence-electron chi connectivity index (χ1n) is 7.36. The molecular weight excluding hydrogens is 236 g/mol. The first-order valence-corrected chi connectivity index (χ1v) is 7.36. The normalized spacial score (nSPS) is 13.5. The van der Waals surface area contributed by atoms with E-state index in [-0.39, 0.29) is 5.91 Å². The molecule has 0 bridgehead atoms. The molecule has 0 radical (unpaired) electrons. The molecule has 104 valence electrons. The van der Waals surface area contributed by atoms with Crippen LogP contribution in [-0.2, 0) is 11.2 Å². The zero-order valence-electron chi connectivity index (χ0n) is 12.1. The fourth-order valence-electron chi connectivity index (χ4n) is 2.79. The van der Waals surface area contributed by atoms with Gasteiger partial charge in [-0.1, -0.05) is 18.2 Å². The maximum absolute atomic E-state index is 11.9.